The zero-order valence-electron chi connectivity index (χ0n) is 9.21. The molecule has 0 fully saturated rings. The van der Waals surface area contributed by atoms with Crippen molar-refractivity contribution in [2.45, 2.75) is 0 Å². The van der Waals surface area contributed by atoms with Gasteiger partial charge in [-0.05, 0) is 36.4 Å². The van der Waals surface area contributed by atoms with E-state index in [1.807, 2.05) is 12.1 Å². The highest BCUT2D eigenvalue weighted by molar-refractivity contribution is 6.30. The minimum atomic E-state index is 0.505. The predicted molar refractivity (Wildman–Crippen MR) is 68.1 cm³/mol. The molecule has 5 heteroatoms. The number of rotatable bonds is 1. The van der Waals surface area contributed by atoms with Crippen molar-refractivity contribution in [1.82, 2.24) is 14.6 Å². The number of hydrogen-bond acceptors (Lipinski definition) is 3. The summed E-state index contributed by atoms with van der Waals surface area (Å²) < 4.78 is 1.60. The number of nitriles is 1. The first-order chi connectivity index (χ1) is 8.78. The maximum Gasteiger partial charge on any atom is 0.182 e. The van der Waals surface area contributed by atoms with Crippen LogP contribution in [0, 0.1) is 11.3 Å². The van der Waals surface area contributed by atoms with E-state index in [0.717, 1.165) is 5.56 Å². The van der Waals surface area contributed by atoms with Gasteiger partial charge in [0.05, 0.1) is 5.56 Å². The van der Waals surface area contributed by atoms with E-state index >= 15 is 0 Å². The number of halogens is 1. The van der Waals surface area contributed by atoms with E-state index in [0.29, 0.717) is 22.1 Å². The van der Waals surface area contributed by atoms with Gasteiger partial charge >= 0.3 is 0 Å². The molecule has 0 saturated carbocycles. The minimum absolute atomic E-state index is 0.505. The highest BCUT2D eigenvalue weighted by Gasteiger charge is 2.09. The summed E-state index contributed by atoms with van der Waals surface area (Å²) in [5.74, 6) is 0.578. The van der Waals surface area contributed by atoms with Crippen LogP contribution in [0.25, 0.3) is 17.0 Å². The average Bonchev–Trinajstić information content (AvgIpc) is 2.83. The quantitative estimate of drug-likeness (QED) is 0.671. The summed E-state index contributed by atoms with van der Waals surface area (Å²) in [6.07, 6.45) is 1.77. The molecule has 0 radical (unpaired) electrons. The highest BCUT2D eigenvalue weighted by atomic mass is 35.5. The fourth-order valence-corrected chi connectivity index (χ4v) is 1.84. The zero-order valence-corrected chi connectivity index (χ0v) is 9.96. The third-order valence-electron chi connectivity index (χ3n) is 2.59. The second-order valence-electron chi connectivity index (χ2n) is 3.74. The average molecular weight is 255 g/mol. The molecule has 0 aliphatic carbocycles. The molecular weight excluding hydrogens is 248 g/mol. The van der Waals surface area contributed by atoms with Crippen molar-refractivity contribution in [2.75, 3.05) is 0 Å². The molecule has 0 aliphatic heterocycles. The van der Waals surface area contributed by atoms with Gasteiger partial charge in [-0.25, -0.2) is 9.50 Å². The van der Waals surface area contributed by atoms with Crippen LogP contribution in [0.15, 0.2) is 42.6 Å². The summed E-state index contributed by atoms with van der Waals surface area (Å²) in [4.78, 5) is 4.37. The molecule has 0 aliphatic rings. The van der Waals surface area contributed by atoms with Gasteiger partial charge in [-0.3, -0.25) is 0 Å². The Morgan fingerprint density at radius 1 is 1.17 bits per heavy atom. The number of nitrogens with zero attached hydrogens (tertiary/aromatic N) is 4. The Balaban J connectivity index is 2.20. The number of fused-ring (bicyclic) bond motifs is 1. The van der Waals surface area contributed by atoms with Crippen LogP contribution in [-0.2, 0) is 0 Å². The van der Waals surface area contributed by atoms with Gasteiger partial charge in [-0.15, -0.1) is 5.10 Å². The molecule has 0 bridgehead atoms. The van der Waals surface area contributed by atoms with Crippen molar-refractivity contribution >= 4 is 17.2 Å². The third-order valence-corrected chi connectivity index (χ3v) is 2.84. The molecule has 0 spiro atoms. The highest BCUT2D eigenvalue weighted by Crippen LogP contribution is 2.19. The molecule has 4 nitrogen and oxygen atoms in total. The van der Waals surface area contributed by atoms with Crippen molar-refractivity contribution in [3.63, 3.8) is 0 Å². The van der Waals surface area contributed by atoms with Gasteiger partial charge in [-0.1, -0.05) is 11.6 Å². The van der Waals surface area contributed by atoms with Crippen molar-refractivity contribution in [1.29, 1.82) is 5.26 Å². The van der Waals surface area contributed by atoms with Crippen LogP contribution >= 0.6 is 11.6 Å². The lowest BCUT2D eigenvalue weighted by atomic mass is 10.2. The molecule has 0 amide bonds. The molecule has 2 heterocycles. The van der Waals surface area contributed by atoms with Gasteiger partial charge < -0.3 is 0 Å². The molecule has 0 N–H and O–H groups in total. The topological polar surface area (TPSA) is 54.0 Å². The second-order valence-corrected chi connectivity index (χ2v) is 4.18. The van der Waals surface area contributed by atoms with Crippen molar-refractivity contribution in [3.8, 4) is 17.5 Å². The van der Waals surface area contributed by atoms with Crippen LogP contribution in [0.4, 0.5) is 0 Å². The van der Waals surface area contributed by atoms with Crippen LogP contribution in [0.2, 0.25) is 5.02 Å². The summed E-state index contributed by atoms with van der Waals surface area (Å²) >= 11 is 5.84. The minimum Gasteiger partial charge on any atom is -0.219 e. The predicted octanol–water partition coefficient (Wildman–Crippen LogP) is 2.92. The number of benzene rings is 1. The Morgan fingerprint density at radius 2 is 1.94 bits per heavy atom. The van der Waals surface area contributed by atoms with Crippen molar-refractivity contribution in [3.05, 3.63) is 53.2 Å². The van der Waals surface area contributed by atoms with E-state index in [1.54, 1.807) is 35.0 Å². The lowest BCUT2D eigenvalue weighted by molar-refractivity contribution is 0.963. The first-order valence-electron chi connectivity index (χ1n) is 5.29. The van der Waals surface area contributed by atoms with E-state index in [2.05, 4.69) is 16.2 Å². The SMILES string of the molecule is N#Cc1cccn2nc(-c3ccc(Cl)cc3)nc12. The van der Waals surface area contributed by atoms with E-state index in [4.69, 9.17) is 16.9 Å². The fraction of sp³-hybridized carbons (Fsp3) is 0. The Labute approximate surface area is 108 Å². The zero-order chi connectivity index (χ0) is 12.5. The number of pyridine rings is 1. The maximum absolute atomic E-state index is 9.00. The van der Waals surface area contributed by atoms with Gasteiger partial charge in [0.2, 0.25) is 0 Å². The summed E-state index contributed by atoms with van der Waals surface area (Å²) in [7, 11) is 0. The molecule has 0 unspecified atom stereocenters. The molecule has 0 atom stereocenters. The van der Waals surface area contributed by atoms with E-state index < -0.39 is 0 Å². The molecular formula is C13H7ClN4. The molecule has 1 aromatic carbocycles. The van der Waals surface area contributed by atoms with E-state index in [-0.39, 0.29) is 0 Å². The Hall–Kier alpha value is -2.38. The normalized spacial score (nSPS) is 10.4. The van der Waals surface area contributed by atoms with Gasteiger partial charge in [-0.2, -0.15) is 5.26 Å². The Bertz CT molecular complexity index is 753. The van der Waals surface area contributed by atoms with Crippen LogP contribution in [0.1, 0.15) is 5.56 Å². The van der Waals surface area contributed by atoms with Crippen molar-refractivity contribution in [2.24, 2.45) is 0 Å². The standard InChI is InChI=1S/C13H7ClN4/c14-11-5-3-9(4-6-11)12-16-13-10(8-15)2-1-7-18(13)17-12/h1-7H. The molecule has 18 heavy (non-hydrogen) atoms. The Kier molecular flexibility index (Phi) is 2.47. The smallest absolute Gasteiger partial charge is 0.182 e. The first-order valence-corrected chi connectivity index (χ1v) is 5.67. The maximum atomic E-state index is 9.00. The summed E-state index contributed by atoms with van der Waals surface area (Å²) in [5.41, 5.74) is 1.93. The van der Waals surface area contributed by atoms with Gasteiger partial charge in [0, 0.05) is 16.8 Å². The van der Waals surface area contributed by atoms with Gasteiger partial charge in [0.1, 0.15) is 6.07 Å². The molecule has 0 saturated heterocycles. The number of aromatic nitrogens is 3. The molecule has 86 valence electrons. The first kappa shape index (κ1) is 10.8. The van der Waals surface area contributed by atoms with E-state index in [1.165, 1.54) is 0 Å². The van der Waals surface area contributed by atoms with E-state index in [9.17, 15) is 0 Å². The monoisotopic (exact) mass is 254 g/mol. The van der Waals surface area contributed by atoms with Gasteiger partial charge in [0.25, 0.3) is 0 Å². The fourth-order valence-electron chi connectivity index (χ4n) is 1.71. The molecule has 3 rings (SSSR count). The van der Waals surface area contributed by atoms with Crippen LogP contribution in [-0.4, -0.2) is 14.6 Å². The van der Waals surface area contributed by atoms with Crippen LogP contribution < -0.4 is 0 Å². The lowest BCUT2D eigenvalue weighted by Gasteiger charge is -1.93. The van der Waals surface area contributed by atoms with Crippen LogP contribution in [0.5, 0.6) is 0 Å². The van der Waals surface area contributed by atoms with Crippen molar-refractivity contribution < 1.29 is 0 Å². The summed E-state index contributed by atoms with van der Waals surface area (Å²) in [6, 6.07) is 12.9. The summed E-state index contributed by atoms with van der Waals surface area (Å²) in [6.45, 7) is 0. The van der Waals surface area contributed by atoms with Gasteiger partial charge in [0.15, 0.2) is 11.5 Å². The largest absolute Gasteiger partial charge is 0.219 e. The second kappa shape index (κ2) is 4.13. The third kappa shape index (κ3) is 1.71. The Morgan fingerprint density at radius 3 is 2.67 bits per heavy atom. The molecule has 3 aromatic rings. The molecule has 2 aromatic heterocycles. The van der Waals surface area contributed by atoms with Crippen LogP contribution in [0.3, 0.4) is 0 Å². The lowest BCUT2D eigenvalue weighted by Crippen LogP contribution is -1.88. The summed E-state index contributed by atoms with van der Waals surface area (Å²) in [5, 5.41) is 14.0. The number of hydrogen-bond donors (Lipinski definition) is 0.